The van der Waals surface area contributed by atoms with Gasteiger partial charge in [-0.1, -0.05) is 72.3 Å². The third kappa shape index (κ3) is 3.55. The Morgan fingerprint density at radius 1 is 0.947 bits per heavy atom. The van der Waals surface area contributed by atoms with Crippen molar-refractivity contribution >= 4 is 0 Å². The van der Waals surface area contributed by atoms with Gasteiger partial charge in [0.25, 0.3) is 0 Å². The standard InChI is InChI=1S/C18H21N/c1-15(9-8-14-19)18(16-10-4-2-5-11-16)17-12-6-3-7-13-17/h2-7,9-13,18H,8,14,19H2,1H3. The van der Waals surface area contributed by atoms with Gasteiger partial charge in [-0.05, 0) is 31.0 Å². The zero-order valence-electron chi connectivity index (χ0n) is 11.4. The highest BCUT2D eigenvalue weighted by Crippen LogP contribution is 2.31. The van der Waals surface area contributed by atoms with Gasteiger partial charge in [0.15, 0.2) is 0 Å². The smallest absolute Gasteiger partial charge is 0.0296 e. The average molecular weight is 251 g/mol. The largest absolute Gasteiger partial charge is 0.330 e. The molecule has 0 saturated heterocycles. The molecule has 2 aromatic rings. The number of benzene rings is 2. The molecule has 0 spiro atoms. The van der Waals surface area contributed by atoms with E-state index in [-0.39, 0.29) is 0 Å². The predicted octanol–water partition coefficient (Wildman–Crippen LogP) is 4.11. The fourth-order valence-corrected chi connectivity index (χ4v) is 2.44. The monoisotopic (exact) mass is 251 g/mol. The summed E-state index contributed by atoms with van der Waals surface area (Å²) in [4.78, 5) is 0. The van der Waals surface area contributed by atoms with Crippen molar-refractivity contribution in [3.05, 3.63) is 83.4 Å². The molecule has 1 nitrogen and oxygen atoms in total. The summed E-state index contributed by atoms with van der Waals surface area (Å²) in [6.45, 7) is 2.90. The first-order chi connectivity index (χ1) is 9.33. The minimum absolute atomic E-state index is 0.328. The van der Waals surface area contributed by atoms with Crippen molar-refractivity contribution in [1.82, 2.24) is 0 Å². The minimum Gasteiger partial charge on any atom is -0.330 e. The molecule has 0 atom stereocenters. The highest BCUT2D eigenvalue weighted by atomic mass is 14.5. The van der Waals surface area contributed by atoms with Crippen LogP contribution in [-0.4, -0.2) is 6.54 Å². The van der Waals surface area contributed by atoms with Crippen LogP contribution in [0.1, 0.15) is 30.4 Å². The molecule has 2 aromatic carbocycles. The van der Waals surface area contributed by atoms with Gasteiger partial charge in [0.05, 0.1) is 0 Å². The van der Waals surface area contributed by atoms with Gasteiger partial charge in [0, 0.05) is 5.92 Å². The quantitative estimate of drug-likeness (QED) is 0.795. The van der Waals surface area contributed by atoms with E-state index >= 15 is 0 Å². The summed E-state index contributed by atoms with van der Waals surface area (Å²) in [6.07, 6.45) is 3.19. The zero-order chi connectivity index (χ0) is 13.5. The SMILES string of the molecule is CC(=CCCN)C(c1ccccc1)c1ccccc1. The third-order valence-electron chi connectivity index (χ3n) is 3.35. The van der Waals surface area contributed by atoms with Gasteiger partial charge in [-0.25, -0.2) is 0 Å². The Morgan fingerprint density at radius 2 is 1.42 bits per heavy atom. The van der Waals surface area contributed by atoms with Gasteiger partial charge in [-0.3, -0.25) is 0 Å². The number of allylic oxidation sites excluding steroid dienone is 1. The van der Waals surface area contributed by atoms with Crippen LogP contribution in [0.25, 0.3) is 0 Å². The molecule has 0 bridgehead atoms. The summed E-state index contributed by atoms with van der Waals surface area (Å²) >= 11 is 0. The Balaban J connectivity index is 2.40. The van der Waals surface area contributed by atoms with Crippen molar-refractivity contribution in [1.29, 1.82) is 0 Å². The Morgan fingerprint density at radius 3 is 1.84 bits per heavy atom. The van der Waals surface area contributed by atoms with E-state index in [0.29, 0.717) is 12.5 Å². The normalized spacial score (nSPS) is 11.8. The fraction of sp³-hybridized carbons (Fsp3) is 0.222. The molecule has 0 saturated carbocycles. The van der Waals surface area contributed by atoms with Gasteiger partial charge in [0.2, 0.25) is 0 Å². The van der Waals surface area contributed by atoms with Crippen molar-refractivity contribution in [2.24, 2.45) is 5.73 Å². The van der Waals surface area contributed by atoms with Crippen LogP contribution in [0.5, 0.6) is 0 Å². The molecule has 0 heterocycles. The second-order valence-corrected chi connectivity index (χ2v) is 4.78. The van der Waals surface area contributed by atoms with E-state index in [4.69, 9.17) is 5.73 Å². The maximum absolute atomic E-state index is 5.61. The summed E-state index contributed by atoms with van der Waals surface area (Å²) in [7, 11) is 0. The summed E-state index contributed by atoms with van der Waals surface area (Å²) in [5.74, 6) is 0.328. The van der Waals surface area contributed by atoms with Crippen LogP contribution in [-0.2, 0) is 0 Å². The lowest BCUT2D eigenvalue weighted by atomic mass is 9.85. The van der Waals surface area contributed by atoms with Crippen LogP contribution >= 0.6 is 0 Å². The molecule has 0 fully saturated rings. The number of hydrogen-bond acceptors (Lipinski definition) is 1. The molecule has 0 aromatic heterocycles. The number of rotatable bonds is 5. The van der Waals surface area contributed by atoms with E-state index < -0.39 is 0 Å². The lowest BCUT2D eigenvalue weighted by Gasteiger charge is -2.19. The van der Waals surface area contributed by atoms with Gasteiger partial charge < -0.3 is 5.73 Å². The van der Waals surface area contributed by atoms with Crippen molar-refractivity contribution in [3.8, 4) is 0 Å². The lowest BCUT2D eigenvalue weighted by Crippen LogP contribution is -2.04. The Labute approximate surface area is 115 Å². The summed E-state index contributed by atoms with van der Waals surface area (Å²) in [6, 6.07) is 21.3. The van der Waals surface area contributed by atoms with E-state index in [2.05, 4.69) is 73.7 Å². The van der Waals surface area contributed by atoms with Crippen LogP contribution in [0.3, 0.4) is 0 Å². The zero-order valence-corrected chi connectivity index (χ0v) is 11.4. The van der Waals surface area contributed by atoms with E-state index in [0.717, 1.165) is 6.42 Å². The van der Waals surface area contributed by atoms with Crippen LogP contribution in [0.15, 0.2) is 72.3 Å². The minimum atomic E-state index is 0.328. The Bertz CT molecular complexity index is 474. The van der Waals surface area contributed by atoms with E-state index in [1.54, 1.807) is 0 Å². The van der Waals surface area contributed by atoms with Crippen molar-refractivity contribution < 1.29 is 0 Å². The molecule has 1 heteroatoms. The van der Waals surface area contributed by atoms with Gasteiger partial charge in [0.1, 0.15) is 0 Å². The summed E-state index contributed by atoms with van der Waals surface area (Å²) in [5, 5.41) is 0. The molecule has 0 aliphatic heterocycles. The maximum Gasteiger partial charge on any atom is 0.0296 e. The highest BCUT2D eigenvalue weighted by Gasteiger charge is 2.15. The second kappa shape index (κ2) is 6.91. The van der Waals surface area contributed by atoms with E-state index in [9.17, 15) is 0 Å². The van der Waals surface area contributed by atoms with Crippen LogP contribution in [0.2, 0.25) is 0 Å². The lowest BCUT2D eigenvalue weighted by molar-refractivity contribution is 0.912. The second-order valence-electron chi connectivity index (χ2n) is 4.78. The predicted molar refractivity (Wildman–Crippen MR) is 82.2 cm³/mol. The maximum atomic E-state index is 5.61. The van der Waals surface area contributed by atoms with Crippen LogP contribution < -0.4 is 5.73 Å². The number of hydrogen-bond donors (Lipinski definition) is 1. The van der Waals surface area contributed by atoms with Crippen LogP contribution in [0, 0.1) is 0 Å². The molecule has 2 rings (SSSR count). The van der Waals surface area contributed by atoms with E-state index in [1.807, 2.05) is 0 Å². The van der Waals surface area contributed by atoms with Crippen molar-refractivity contribution in [3.63, 3.8) is 0 Å². The first-order valence-electron chi connectivity index (χ1n) is 6.79. The first-order valence-corrected chi connectivity index (χ1v) is 6.79. The molecule has 19 heavy (non-hydrogen) atoms. The molecule has 0 radical (unpaired) electrons. The molecule has 0 amide bonds. The molecule has 0 unspecified atom stereocenters. The van der Waals surface area contributed by atoms with E-state index in [1.165, 1.54) is 16.7 Å². The topological polar surface area (TPSA) is 26.0 Å². The third-order valence-corrected chi connectivity index (χ3v) is 3.35. The number of nitrogens with two attached hydrogens (primary N) is 1. The first kappa shape index (κ1) is 13.6. The fourth-order valence-electron chi connectivity index (χ4n) is 2.44. The molecular formula is C18H21N. The molecule has 98 valence electrons. The van der Waals surface area contributed by atoms with Gasteiger partial charge >= 0.3 is 0 Å². The summed E-state index contributed by atoms with van der Waals surface area (Å²) < 4.78 is 0. The molecule has 2 N–H and O–H groups in total. The summed E-state index contributed by atoms with van der Waals surface area (Å²) in [5.41, 5.74) is 9.64. The highest BCUT2D eigenvalue weighted by molar-refractivity contribution is 5.40. The molecule has 0 aliphatic carbocycles. The average Bonchev–Trinajstić information content (AvgIpc) is 2.47. The Kier molecular flexibility index (Phi) is 4.93. The Hall–Kier alpha value is -1.86. The molecule has 0 aliphatic rings. The van der Waals surface area contributed by atoms with Gasteiger partial charge in [-0.15, -0.1) is 0 Å². The van der Waals surface area contributed by atoms with Crippen molar-refractivity contribution in [2.45, 2.75) is 19.3 Å². The van der Waals surface area contributed by atoms with Crippen LogP contribution in [0.4, 0.5) is 0 Å². The molecular weight excluding hydrogens is 230 g/mol. The van der Waals surface area contributed by atoms with Gasteiger partial charge in [-0.2, -0.15) is 0 Å². The van der Waals surface area contributed by atoms with Crippen molar-refractivity contribution in [2.75, 3.05) is 6.54 Å².